The molecular formula is C63H111NO5. The minimum atomic E-state index is -0.810. The van der Waals surface area contributed by atoms with Crippen LogP contribution in [0.5, 0.6) is 0 Å². The molecule has 0 aliphatic carbocycles. The van der Waals surface area contributed by atoms with Crippen LogP contribution in [0.1, 0.15) is 278 Å². The number of carbonyl (C=O) groups is 2. The number of ether oxygens (including phenoxy) is 1. The number of esters is 1. The van der Waals surface area contributed by atoms with Crippen molar-refractivity contribution in [1.29, 1.82) is 0 Å². The Labute approximate surface area is 427 Å². The first-order valence-electron chi connectivity index (χ1n) is 29.3. The van der Waals surface area contributed by atoms with Crippen LogP contribution in [0.15, 0.2) is 85.1 Å². The van der Waals surface area contributed by atoms with E-state index in [-0.39, 0.29) is 24.9 Å². The number of hydrogen-bond acceptors (Lipinski definition) is 5. The Kier molecular flexibility index (Phi) is 53.6. The van der Waals surface area contributed by atoms with Crippen molar-refractivity contribution in [2.75, 3.05) is 6.61 Å². The fourth-order valence-electron chi connectivity index (χ4n) is 8.55. The Morgan fingerprint density at radius 1 is 0.435 bits per heavy atom. The average molecular weight is 963 g/mol. The lowest BCUT2D eigenvalue weighted by Crippen LogP contribution is -2.46. The number of nitrogens with one attached hydrogen (secondary N) is 1. The molecule has 0 saturated carbocycles. The predicted octanol–water partition coefficient (Wildman–Crippen LogP) is 18.3. The number of hydrogen-bond donors (Lipinski definition) is 3. The van der Waals surface area contributed by atoms with E-state index in [2.05, 4.69) is 111 Å². The predicted molar refractivity (Wildman–Crippen MR) is 301 cm³/mol. The minimum Gasteiger partial charge on any atom is -0.462 e. The second-order valence-electron chi connectivity index (χ2n) is 19.7. The molecule has 0 heterocycles. The number of unbranched alkanes of at least 4 members (excludes halogenated alkanes) is 26. The maximum absolute atomic E-state index is 13.3. The lowest BCUT2D eigenvalue weighted by molar-refractivity contribution is -0.151. The molecule has 0 aromatic heterocycles. The molecule has 3 unspecified atom stereocenters. The third kappa shape index (κ3) is 51.2. The first-order valence-corrected chi connectivity index (χ1v) is 29.3. The SMILES string of the molecule is CC/C=C/C/C=C/C/C=C/CCCCCCCCC(=O)OC(CCC/C=C\C/C=C\C/C=C\C/C=C\CCCCC)CC(=O)NC(CO)C(O)CCCCCCCCCCCCCCCCCCC. The van der Waals surface area contributed by atoms with Gasteiger partial charge in [-0.2, -0.15) is 0 Å². The van der Waals surface area contributed by atoms with Gasteiger partial charge in [0.1, 0.15) is 6.10 Å². The highest BCUT2D eigenvalue weighted by Gasteiger charge is 2.24. The van der Waals surface area contributed by atoms with Crippen LogP contribution in [0.25, 0.3) is 0 Å². The summed E-state index contributed by atoms with van der Waals surface area (Å²) in [6.07, 6.45) is 73.6. The Balaban J connectivity index is 4.66. The van der Waals surface area contributed by atoms with E-state index in [1.165, 1.54) is 135 Å². The largest absolute Gasteiger partial charge is 0.462 e. The van der Waals surface area contributed by atoms with Crippen LogP contribution in [0.2, 0.25) is 0 Å². The van der Waals surface area contributed by atoms with Crippen molar-refractivity contribution in [3.63, 3.8) is 0 Å². The summed E-state index contributed by atoms with van der Waals surface area (Å²) in [7, 11) is 0. The minimum absolute atomic E-state index is 0.0315. The molecular weight excluding hydrogens is 851 g/mol. The highest BCUT2D eigenvalue weighted by Crippen LogP contribution is 2.17. The Bertz CT molecular complexity index is 1310. The molecule has 1 amide bonds. The van der Waals surface area contributed by atoms with Gasteiger partial charge in [0.15, 0.2) is 0 Å². The molecule has 6 nitrogen and oxygen atoms in total. The number of carbonyl (C=O) groups excluding carboxylic acids is 2. The molecule has 3 atom stereocenters. The van der Waals surface area contributed by atoms with E-state index >= 15 is 0 Å². The topological polar surface area (TPSA) is 95.9 Å². The number of amides is 1. The number of allylic oxidation sites excluding steroid dienone is 14. The van der Waals surface area contributed by atoms with Gasteiger partial charge in [0.25, 0.3) is 0 Å². The van der Waals surface area contributed by atoms with Crippen LogP contribution in [-0.4, -0.2) is 46.9 Å². The molecule has 0 bridgehead atoms. The van der Waals surface area contributed by atoms with Gasteiger partial charge in [-0.3, -0.25) is 9.59 Å². The lowest BCUT2D eigenvalue weighted by atomic mass is 10.0. The van der Waals surface area contributed by atoms with Crippen LogP contribution in [-0.2, 0) is 14.3 Å². The molecule has 0 aromatic rings. The molecule has 0 rings (SSSR count). The fourth-order valence-corrected chi connectivity index (χ4v) is 8.55. The van der Waals surface area contributed by atoms with Gasteiger partial charge in [-0.1, -0.05) is 254 Å². The zero-order chi connectivity index (χ0) is 50.2. The molecule has 0 aliphatic rings. The second-order valence-corrected chi connectivity index (χ2v) is 19.7. The van der Waals surface area contributed by atoms with E-state index in [1.54, 1.807) is 0 Å². The van der Waals surface area contributed by atoms with Crippen LogP contribution in [0.4, 0.5) is 0 Å². The van der Waals surface area contributed by atoms with Crippen molar-refractivity contribution >= 4 is 11.9 Å². The van der Waals surface area contributed by atoms with Gasteiger partial charge in [-0.25, -0.2) is 0 Å². The summed E-state index contributed by atoms with van der Waals surface area (Å²) in [6.45, 7) is 6.35. The van der Waals surface area contributed by atoms with Gasteiger partial charge < -0.3 is 20.3 Å². The maximum Gasteiger partial charge on any atom is 0.306 e. The zero-order valence-electron chi connectivity index (χ0n) is 45.4. The van der Waals surface area contributed by atoms with Crippen molar-refractivity contribution in [1.82, 2.24) is 5.32 Å². The fraction of sp³-hybridized carbons (Fsp3) is 0.746. The quantitative estimate of drug-likeness (QED) is 0.0321. The summed E-state index contributed by atoms with van der Waals surface area (Å²) >= 11 is 0. The van der Waals surface area contributed by atoms with Crippen LogP contribution in [0.3, 0.4) is 0 Å². The molecule has 0 spiro atoms. The lowest BCUT2D eigenvalue weighted by Gasteiger charge is -2.24. The van der Waals surface area contributed by atoms with Crippen LogP contribution in [0, 0.1) is 0 Å². The molecule has 6 heteroatoms. The molecule has 3 N–H and O–H groups in total. The molecule has 0 fully saturated rings. The van der Waals surface area contributed by atoms with E-state index in [0.29, 0.717) is 19.3 Å². The van der Waals surface area contributed by atoms with Crippen molar-refractivity contribution in [3.05, 3.63) is 85.1 Å². The first kappa shape index (κ1) is 66.0. The van der Waals surface area contributed by atoms with Crippen LogP contribution < -0.4 is 5.32 Å². The molecule has 0 aromatic carbocycles. The Hall–Kier alpha value is -2.96. The average Bonchev–Trinajstić information content (AvgIpc) is 3.34. The Morgan fingerprint density at radius 2 is 0.797 bits per heavy atom. The van der Waals surface area contributed by atoms with Gasteiger partial charge in [0.05, 0.1) is 25.2 Å². The third-order valence-electron chi connectivity index (χ3n) is 13.0. The number of rotatable bonds is 52. The molecule has 0 aliphatic heterocycles. The summed E-state index contributed by atoms with van der Waals surface area (Å²) in [4.78, 5) is 26.3. The summed E-state index contributed by atoms with van der Waals surface area (Å²) in [5, 5.41) is 23.9. The van der Waals surface area contributed by atoms with E-state index in [9.17, 15) is 19.8 Å². The van der Waals surface area contributed by atoms with Crippen molar-refractivity contribution in [2.45, 2.75) is 296 Å². The summed E-state index contributed by atoms with van der Waals surface area (Å²) < 4.78 is 5.93. The standard InChI is InChI=1S/C63H111NO5/c1-4-7-10-13-16-19-22-25-28-31-33-36-39-42-45-48-51-54-59(69-63(68)56-53-50-47-44-41-38-35-30-27-24-21-18-15-12-9-6-3)57-62(67)64-60(58-65)61(66)55-52-49-46-43-40-37-34-32-29-26-23-20-17-14-11-8-5-2/h9,12,16,18-19,21,25,27-28,30,33,36,42,45,59-61,65-66H,4-8,10-11,13-15,17,20,22-24,26,29,31-32,34-35,37-41,43-44,46-58H2,1-3H3,(H,64,67)/b12-9+,19-16-,21-18+,28-25-,30-27+,36-33-,45-42-. The van der Waals surface area contributed by atoms with E-state index < -0.39 is 18.2 Å². The summed E-state index contributed by atoms with van der Waals surface area (Å²) in [5.74, 6) is -0.541. The van der Waals surface area contributed by atoms with Crippen molar-refractivity contribution in [3.8, 4) is 0 Å². The van der Waals surface area contributed by atoms with Crippen molar-refractivity contribution < 1.29 is 24.5 Å². The zero-order valence-corrected chi connectivity index (χ0v) is 45.4. The number of aliphatic hydroxyl groups is 2. The third-order valence-corrected chi connectivity index (χ3v) is 13.0. The van der Waals surface area contributed by atoms with Crippen molar-refractivity contribution in [2.24, 2.45) is 0 Å². The van der Waals surface area contributed by atoms with Crippen LogP contribution >= 0.6 is 0 Å². The number of aliphatic hydroxyl groups excluding tert-OH is 2. The smallest absolute Gasteiger partial charge is 0.306 e. The van der Waals surface area contributed by atoms with Gasteiger partial charge in [-0.05, 0) is 96.3 Å². The molecule has 0 saturated heterocycles. The van der Waals surface area contributed by atoms with Gasteiger partial charge in [0.2, 0.25) is 5.91 Å². The highest BCUT2D eigenvalue weighted by atomic mass is 16.5. The maximum atomic E-state index is 13.3. The normalized spacial score (nSPS) is 13.8. The summed E-state index contributed by atoms with van der Waals surface area (Å²) in [6, 6.07) is -0.727. The Morgan fingerprint density at radius 3 is 1.25 bits per heavy atom. The van der Waals surface area contributed by atoms with E-state index in [4.69, 9.17) is 4.74 Å². The first-order chi connectivity index (χ1) is 34.0. The summed E-state index contributed by atoms with van der Waals surface area (Å²) in [5.41, 5.74) is 0. The van der Waals surface area contributed by atoms with Gasteiger partial charge in [-0.15, -0.1) is 0 Å². The van der Waals surface area contributed by atoms with Gasteiger partial charge in [0, 0.05) is 6.42 Å². The van der Waals surface area contributed by atoms with E-state index in [1.807, 2.05) is 0 Å². The van der Waals surface area contributed by atoms with E-state index in [0.717, 1.165) is 96.3 Å². The monoisotopic (exact) mass is 962 g/mol. The molecule has 398 valence electrons. The molecule has 0 radical (unpaired) electrons. The van der Waals surface area contributed by atoms with Gasteiger partial charge >= 0.3 is 5.97 Å². The second kappa shape index (κ2) is 56.0. The highest BCUT2D eigenvalue weighted by molar-refractivity contribution is 5.77. The molecule has 69 heavy (non-hydrogen) atoms.